The summed E-state index contributed by atoms with van der Waals surface area (Å²) in [4.78, 5) is 26.6. The van der Waals surface area contributed by atoms with Gasteiger partial charge in [-0.2, -0.15) is 0 Å². The minimum Gasteiger partial charge on any atom is -0.480 e. The Morgan fingerprint density at radius 1 is 0.793 bits per heavy atom. The average molecular weight is 421 g/mol. The largest absolute Gasteiger partial charge is 0.480 e. The van der Waals surface area contributed by atoms with Gasteiger partial charge in [0.25, 0.3) is 0 Å². The first kappa shape index (κ1) is 25.6. The third-order valence-electron chi connectivity index (χ3n) is 3.87. The molecule has 0 radical (unpaired) electrons. The fourth-order valence-corrected chi connectivity index (χ4v) is 2.46. The van der Waals surface area contributed by atoms with Crippen molar-refractivity contribution in [3.8, 4) is 0 Å². The maximum atomic E-state index is 12.3. The predicted molar refractivity (Wildman–Crippen MR) is 105 cm³/mol. The van der Waals surface area contributed by atoms with E-state index in [0.29, 0.717) is 79.0 Å². The molecular weight excluding hydrogens is 384 g/mol. The SMILES string of the molecule is CC(C)(C)OC(=O)N1CCOCCOCCN(CC(=O)O)CCOCCOCC1. The lowest BCUT2D eigenvalue weighted by atomic mass is 10.2. The van der Waals surface area contributed by atoms with Crippen LogP contribution in [0.5, 0.6) is 0 Å². The maximum absolute atomic E-state index is 12.3. The van der Waals surface area contributed by atoms with Gasteiger partial charge in [0, 0.05) is 26.2 Å². The van der Waals surface area contributed by atoms with E-state index < -0.39 is 17.7 Å². The Balaban J connectivity index is 2.48. The number of carboxylic acid groups (broad SMARTS) is 1. The van der Waals surface area contributed by atoms with E-state index in [1.165, 1.54) is 0 Å². The molecule has 10 nitrogen and oxygen atoms in total. The number of carbonyl (C=O) groups is 2. The molecule has 0 aromatic carbocycles. The molecule has 1 N–H and O–H groups in total. The Labute approximate surface area is 173 Å². The quantitative estimate of drug-likeness (QED) is 0.690. The van der Waals surface area contributed by atoms with E-state index in [1.807, 2.05) is 20.8 Å². The van der Waals surface area contributed by atoms with Gasteiger partial charge in [-0.25, -0.2) is 4.79 Å². The second-order valence-electron chi connectivity index (χ2n) is 7.59. The number of rotatable bonds is 2. The van der Waals surface area contributed by atoms with Crippen LogP contribution in [0.3, 0.4) is 0 Å². The highest BCUT2D eigenvalue weighted by Crippen LogP contribution is 2.10. The monoisotopic (exact) mass is 420 g/mol. The highest BCUT2D eigenvalue weighted by molar-refractivity contribution is 5.69. The molecule has 0 atom stereocenters. The fraction of sp³-hybridized carbons (Fsp3) is 0.895. The molecule has 1 aliphatic rings. The van der Waals surface area contributed by atoms with E-state index in [2.05, 4.69) is 0 Å². The van der Waals surface area contributed by atoms with Crippen LogP contribution < -0.4 is 0 Å². The van der Waals surface area contributed by atoms with Crippen molar-refractivity contribution >= 4 is 12.1 Å². The summed E-state index contributed by atoms with van der Waals surface area (Å²) in [5, 5.41) is 8.99. The molecule has 1 amide bonds. The molecule has 0 spiro atoms. The number of hydrogen-bond acceptors (Lipinski definition) is 8. The van der Waals surface area contributed by atoms with Gasteiger partial charge in [-0.15, -0.1) is 0 Å². The molecule has 1 aliphatic heterocycles. The minimum absolute atomic E-state index is 0.0553. The lowest BCUT2D eigenvalue weighted by Gasteiger charge is -2.27. The summed E-state index contributed by atoms with van der Waals surface area (Å²) < 4.78 is 27.5. The van der Waals surface area contributed by atoms with Crippen LogP contribution in [0.1, 0.15) is 20.8 Å². The second kappa shape index (κ2) is 14.5. The summed E-state index contributed by atoms with van der Waals surface area (Å²) in [7, 11) is 0. The van der Waals surface area contributed by atoms with Crippen LogP contribution in [0.15, 0.2) is 0 Å². The third-order valence-corrected chi connectivity index (χ3v) is 3.87. The average Bonchev–Trinajstić information content (AvgIpc) is 2.61. The van der Waals surface area contributed by atoms with Crippen molar-refractivity contribution in [2.75, 3.05) is 85.6 Å². The summed E-state index contributed by atoms with van der Waals surface area (Å²) in [5.74, 6) is -0.881. The Hall–Kier alpha value is -1.46. The van der Waals surface area contributed by atoms with E-state index in [4.69, 9.17) is 28.8 Å². The van der Waals surface area contributed by atoms with Crippen LogP contribution in [0.4, 0.5) is 4.79 Å². The van der Waals surface area contributed by atoms with Crippen molar-refractivity contribution in [1.29, 1.82) is 0 Å². The number of nitrogens with zero attached hydrogens (tertiary/aromatic N) is 2. The van der Waals surface area contributed by atoms with Crippen molar-refractivity contribution in [1.82, 2.24) is 9.80 Å². The van der Waals surface area contributed by atoms with Crippen LogP contribution in [-0.2, 0) is 28.5 Å². The van der Waals surface area contributed by atoms with Gasteiger partial charge in [0.1, 0.15) is 5.60 Å². The van der Waals surface area contributed by atoms with Gasteiger partial charge >= 0.3 is 12.1 Å². The molecule has 0 saturated carbocycles. The Kier molecular flexibility index (Phi) is 12.8. The molecule has 1 heterocycles. The molecule has 1 fully saturated rings. The molecule has 10 heteroatoms. The first-order valence-corrected chi connectivity index (χ1v) is 10.0. The zero-order valence-corrected chi connectivity index (χ0v) is 17.9. The summed E-state index contributed by atoms with van der Waals surface area (Å²) in [6.45, 7) is 10.3. The van der Waals surface area contributed by atoms with E-state index in [9.17, 15) is 9.59 Å². The Bertz CT molecular complexity index is 450. The fourth-order valence-electron chi connectivity index (χ4n) is 2.46. The van der Waals surface area contributed by atoms with Gasteiger partial charge in [0.15, 0.2) is 0 Å². The van der Waals surface area contributed by atoms with Crippen LogP contribution >= 0.6 is 0 Å². The second-order valence-corrected chi connectivity index (χ2v) is 7.59. The molecule has 29 heavy (non-hydrogen) atoms. The number of amides is 1. The van der Waals surface area contributed by atoms with Gasteiger partial charge in [-0.05, 0) is 20.8 Å². The summed E-state index contributed by atoms with van der Waals surface area (Å²) >= 11 is 0. The molecule has 1 saturated heterocycles. The lowest BCUT2D eigenvalue weighted by Crippen LogP contribution is -2.40. The molecule has 0 aliphatic carbocycles. The van der Waals surface area contributed by atoms with Crippen molar-refractivity contribution in [3.63, 3.8) is 0 Å². The van der Waals surface area contributed by atoms with Crippen LogP contribution in [0, 0.1) is 0 Å². The highest BCUT2D eigenvalue weighted by Gasteiger charge is 2.21. The molecule has 170 valence electrons. The van der Waals surface area contributed by atoms with Crippen LogP contribution in [0.25, 0.3) is 0 Å². The van der Waals surface area contributed by atoms with Gasteiger partial charge in [0.05, 0.1) is 59.4 Å². The first-order chi connectivity index (χ1) is 13.8. The smallest absolute Gasteiger partial charge is 0.410 e. The summed E-state index contributed by atoms with van der Waals surface area (Å²) in [6.07, 6.45) is -0.398. The highest BCUT2D eigenvalue weighted by atomic mass is 16.6. The molecule has 0 aromatic heterocycles. The molecule has 1 rings (SSSR count). The van der Waals surface area contributed by atoms with Crippen LogP contribution in [-0.4, -0.2) is 118 Å². The third kappa shape index (κ3) is 14.2. The van der Waals surface area contributed by atoms with Crippen LogP contribution in [0.2, 0.25) is 0 Å². The van der Waals surface area contributed by atoms with Gasteiger partial charge in [-0.3, -0.25) is 9.69 Å². The standard InChI is InChI=1S/C19H36N2O8/c1-19(2,3)29-18(24)21-6-10-27-14-12-25-8-4-20(16-17(22)23)5-9-26-13-15-28-11-7-21/h4-16H2,1-3H3,(H,22,23). The van der Waals surface area contributed by atoms with Gasteiger partial charge in [0.2, 0.25) is 0 Å². The lowest BCUT2D eigenvalue weighted by molar-refractivity contribution is -0.138. The zero-order chi connectivity index (χ0) is 21.5. The molecule has 0 aromatic rings. The van der Waals surface area contributed by atoms with Crippen molar-refractivity contribution in [2.24, 2.45) is 0 Å². The van der Waals surface area contributed by atoms with E-state index >= 15 is 0 Å². The van der Waals surface area contributed by atoms with Gasteiger partial charge < -0.3 is 33.7 Å². The number of aliphatic carboxylic acids is 1. The van der Waals surface area contributed by atoms with Gasteiger partial charge in [-0.1, -0.05) is 0 Å². The number of hydrogen-bond donors (Lipinski definition) is 1. The topological polar surface area (TPSA) is 107 Å². The van der Waals surface area contributed by atoms with E-state index in [-0.39, 0.29) is 6.54 Å². The van der Waals surface area contributed by atoms with Crippen molar-refractivity contribution < 1.29 is 38.4 Å². The summed E-state index contributed by atoms with van der Waals surface area (Å²) in [5.41, 5.74) is -0.568. The Morgan fingerprint density at radius 2 is 1.21 bits per heavy atom. The molecule has 0 bridgehead atoms. The number of carbonyl (C=O) groups excluding carboxylic acids is 1. The van der Waals surface area contributed by atoms with E-state index in [1.54, 1.807) is 9.80 Å². The predicted octanol–water partition coefficient (Wildman–Crippen LogP) is 0.690. The number of carboxylic acids is 1. The zero-order valence-electron chi connectivity index (χ0n) is 17.9. The maximum Gasteiger partial charge on any atom is 0.410 e. The molecular formula is C19H36N2O8. The van der Waals surface area contributed by atoms with Crippen molar-refractivity contribution in [2.45, 2.75) is 26.4 Å². The Morgan fingerprint density at radius 3 is 1.59 bits per heavy atom. The first-order valence-electron chi connectivity index (χ1n) is 10.0. The normalized spacial score (nSPS) is 20.4. The minimum atomic E-state index is -0.881. The molecule has 0 unspecified atom stereocenters. The van der Waals surface area contributed by atoms with Crippen molar-refractivity contribution in [3.05, 3.63) is 0 Å². The van der Waals surface area contributed by atoms with E-state index in [0.717, 1.165) is 0 Å². The summed E-state index contributed by atoms with van der Waals surface area (Å²) in [6, 6.07) is 0. The number of ether oxygens (including phenoxy) is 5.